The number of rotatable bonds is 3. The van der Waals surface area contributed by atoms with Crippen LogP contribution < -0.4 is 0 Å². The highest BCUT2D eigenvalue weighted by Crippen LogP contribution is 2.24. The van der Waals surface area contributed by atoms with E-state index in [0.29, 0.717) is 68.1 Å². The summed E-state index contributed by atoms with van der Waals surface area (Å²) >= 11 is 11.8. The van der Waals surface area contributed by atoms with Crippen molar-refractivity contribution in [3.63, 3.8) is 0 Å². The van der Waals surface area contributed by atoms with Crippen molar-refractivity contribution in [3.8, 4) is 0 Å². The van der Waals surface area contributed by atoms with E-state index in [1.165, 1.54) is 4.31 Å². The van der Waals surface area contributed by atoms with Crippen molar-refractivity contribution in [3.05, 3.63) is 33.8 Å². The smallest absolute Gasteiger partial charge is 0.320 e. The minimum absolute atomic E-state index is 0.0465. The Morgan fingerprint density at radius 1 is 0.962 bits per heavy atom. The molecule has 2 aliphatic heterocycles. The zero-order chi connectivity index (χ0) is 18.7. The van der Waals surface area contributed by atoms with Crippen molar-refractivity contribution >= 4 is 39.3 Å². The number of morpholine rings is 1. The molecule has 7 nitrogen and oxygen atoms in total. The van der Waals surface area contributed by atoms with Gasteiger partial charge in [0, 0.05) is 39.3 Å². The molecule has 1 aromatic rings. The van der Waals surface area contributed by atoms with E-state index < -0.39 is 10.0 Å². The summed E-state index contributed by atoms with van der Waals surface area (Å²) in [7, 11) is -3.48. The predicted octanol–water partition coefficient (Wildman–Crippen LogP) is 1.89. The number of ether oxygens (including phenoxy) is 1. The molecule has 2 aliphatic rings. The van der Waals surface area contributed by atoms with E-state index in [2.05, 4.69) is 0 Å². The van der Waals surface area contributed by atoms with Crippen LogP contribution in [0.15, 0.2) is 18.2 Å². The molecule has 0 N–H and O–H groups in total. The normalized spacial score (nSPS) is 19.6. The highest BCUT2D eigenvalue weighted by Gasteiger charge is 2.31. The minimum Gasteiger partial charge on any atom is -0.378 e. The van der Waals surface area contributed by atoms with Gasteiger partial charge in [0.25, 0.3) is 0 Å². The lowest BCUT2D eigenvalue weighted by Crippen LogP contribution is -2.55. The van der Waals surface area contributed by atoms with Crippen molar-refractivity contribution in [1.82, 2.24) is 14.1 Å². The van der Waals surface area contributed by atoms with E-state index in [1.54, 1.807) is 28.0 Å². The van der Waals surface area contributed by atoms with Gasteiger partial charge in [-0.2, -0.15) is 4.31 Å². The van der Waals surface area contributed by atoms with E-state index in [-0.39, 0.29) is 11.8 Å². The van der Waals surface area contributed by atoms with Gasteiger partial charge in [-0.3, -0.25) is 0 Å². The fourth-order valence-corrected chi connectivity index (χ4v) is 4.87. The molecule has 0 atom stereocenters. The third-order valence-corrected chi connectivity index (χ3v) is 7.11. The van der Waals surface area contributed by atoms with Crippen molar-refractivity contribution in [2.75, 3.05) is 52.5 Å². The van der Waals surface area contributed by atoms with Crippen LogP contribution in [0.5, 0.6) is 0 Å². The SMILES string of the molecule is O=C(N1CCOCC1)N1CCN(S(=O)(=O)Cc2ccc(Cl)c(Cl)c2)CC1. The molecule has 3 rings (SSSR count). The average molecular weight is 422 g/mol. The molecular formula is C16H21Cl2N3O4S. The molecule has 26 heavy (non-hydrogen) atoms. The maximum Gasteiger partial charge on any atom is 0.320 e. The van der Waals surface area contributed by atoms with Crippen molar-refractivity contribution < 1.29 is 17.9 Å². The van der Waals surface area contributed by atoms with Crippen LogP contribution in [0.1, 0.15) is 5.56 Å². The number of hydrogen-bond donors (Lipinski definition) is 0. The molecule has 2 saturated heterocycles. The Morgan fingerprint density at radius 2 is 1.58 bits per heavy atom. The second-order valence-electron chi connectivity index (χ2n) is 6.27. The molecule has 0 spiro atoms. The standard InChI is InChI=1S/C16H21Cl2N3O4S/c17-14-2-1-13(11-15(14)18)12-26(23,24)21-5-3-19(4-6-21)16(22)20-7-9-25-10-8-20/h1-2,11H,3-10,12H2. The Morgan fingerprint density at radius 3 is 2.19 bits per heavy atom. The number of benzene rings is 1. The maximum atomic E-state index is 12.6. The lowest BCUT2D eigenvalue weighted by Gasteiger charge is -2.38. The van der Waals surface area contributed by atoms with Crippen LogP contribution in [0, 0.1) is 0 Å². The van der Waals surface area contributed by atoms with Gasteiger partial charge in [0.1, 0.15) is 0 Å². The Hall–Kier alpha value is -1.06. The molecule has 10 heteroatoms. The zero-order valence-corrected chi connectivity index (χ0v) is 16.6. The molecule has 0 bridgehead atoms. The number of piperazine rings is 1. The molecule has 2 heterocycles. The number of nitrogens with zero attached hydrogens (tertiary/aromatic N) is 3. The number of urea groups is 1. The van der Waals surface area contributed by atoms with E-state index >= 15 is 0 Å². The van der Waals surface area contributed by atoms with Crippen molar-refractivity contribution in [2.24, 2.45) is 0 Å². The highest BCUT2D eigenvalue weighted by atomic mass is 35.5. The molecule has 144 valence electrons. The number of sulfonamides is 1. The molecule has 0 saturated carbocycles. The zero-order valence-electron chi connectivity index (χ0n) is 14.2. The van der Waals surface area contributed by atoms with Gasteiger partial charge in [0.05, 0.1) is 29.0 Å². The third kappa shape index (κ3) is 4.61. The van der Waals surface area contributed by atoms with Gasteiger partial charge >= 0.3 is 6.03 Å². The van der Waals surface area contributed by atoms with E-state index in [9.17, 15) is 13.2 Å². The Bertz CT molecular complexity index is 761. The van der Waals surface area contributed by atoms with Gasteiger partial charge < -0.3 is 14.5 Å². The first-order valence-corrected chi connectivity index (χ1v) is 10.8. The maximum absolute atomic E-state index is 12.6. The fraction of sp³-hybridized carbons (Fsp3) is 0.562. The number of hydrogen-bond acceptors (Lipinski definition) is 4. The molecule has 0 aromatic heterocycles. The summed E-state index contributed by atoms with van der Waals surface area (Å²) < 4.78 is 32.0. The second kappa shape index (κ2) is 8.31. The first-order chi connectivity index (χ1) is 12.4. The number of halogens is 2. The van der Waals surface area contributed by atoms with Gasteiger partial charge in [-0.15, -0.1) is 0 Å². The second-order valence-corrected chi connectivity index (χ2v) is 9.06. The number of carbonyl (C=O) groups is 1. The lowest BCUT2D eigenvalue weighted by molar-refractivity contribution is 0.0405. The topological polar surface area (TPSA) is 70.2 Å². The number of carbonyl (C=O) groups excluding carboxylic acids is 1. The van der Waals surface area contributed by atoms with Gasteiger partial charge in [-0.05, 0) is 17.7 Å². The predicted molar refractivity (Wildman–Crippen MR) is 100 cm³/mol. The molecular weight excluding hydrogens is 401 g/mol. The van der Waals surface area contributed by atoms with Crippen LogP contribution >= 0.6 is 23.2 Å². The summed E-state index contributed by atoms with van der Waals surface area (Å²) in [5.41, 5.74) is 0.589. The summed E-state index contributed by atoms with van der Waals surface area (Å²) in [6.45, 7) is 3.60. The van der Waals surface area contributed by atoms with Crippen LogP contribution in [0.2, 0.25) is 10.0 Å². The van der Waals surface area contributed by atoms with E-state index in [0.717, 1.165) is 0 Å². The van der Waals surface area contributed by atoms with Crippen LogP contribution in [0.25, 0.3) is 0 Å². The third-order valence-electron chi connectivity index (χ3n) is 4.52. The largest absolute Gasteiger partial charge is 0.378 e. The van der Waals surface area contributed by atoms with Crippen LogP contribution in [0.4, 0.5) is 4.79 Å². The molecule has 0 radical (unpaired) electrons. The Balaban J connectivity index is 1.57. The van der Waals surface area contributed by atoms with Gasteiger partial charge in [0.15, 0.2) is 0 Å². The summed E-state index contributed by atoms with van der Waals surface area (Å²) in [5, 5.41) is 0.725. The van der Waals surface area contributed by atoms with Crippen LogP contribution in [-0.4, -0.2) is 81.0 Å². The molecule has 2 amide bonds. The average Bonchev–Trinajstić information content (AvgIpc) is 2.65. The van der Waals surface area contributed by atoms with Crippen molar-refractivity contribution in [1.29, 1.82) is 0 Å². The van der Waals surface area contributed by atoms with E-state index in [1.807, 2.05) is 0 Å². The molecule has 1 aromatic carbocycles. The van der Waals surface area contributed by atoms with Gasteiger partial charge in [-0.1, -0.05) is 29.3 Å². The quantitative estimate of drug-likeness (QED) is 0.746. The van der Waals surface area contributed by atoms with Crippen molar-refractivity contribution in [2.45, 2.75) is 5.75 Å². The molecule has 2 fully saturated rings. The fourth-order valence-electron chi connectivity index (χ4n) is 3.04. The molecule has 0 unspecified atom stereocenters. The van der Waals surface area contributed by atoms with Gasteiger partial charge in [-0.25, -0.2) is 13.2 Å². The first-order valence-electron chi connectivity index (χ1n) is 8.40. The van der Waals surface area contributed by atoms with E-state index in [4.69, 9.17) is 27.9 Å². The Kier molecular flexibility index (Phi) is 6.29. The summed E-state index contributed by atoms with van der Waals surface area (Å²) in [5.74, 6) is -0.138. The van der Waals surface area contributed by atoms with Gasteiger partial charge in [0.2, 0.25) is 10.0 Å². The first kappa shape index (κ1) is 19.7. The van der Waals surface area contributed by atoms with Crippen LogP contribution in [0.3, 0.4) is 0 Å². The Labute approximate surface area is 163 Å². The summed E-state index contributed by atoms with van der Waals surface area (Å²) in [6, 6.07) is 4.77. The van der Waals surface area contributed by atoms with Crippen LogP contribution in [-0.2, 0) is 20.5 Å². The minimum atomic E-state index is -3.48. The summed E-state index contributed by atoms with van der Waals surface area (Å²) in [6.07, 6.45) is 0. The lowest BCUT2D eigenvalue weighted by atomic mass is 10.2. The monoisotopic (exact) mass is 421 g/mol. The highest BCUT2D eigenvalue weighted by molar-refractivity contribution is 7.88. The summed E-state index contributed by atoms with van der Waals surface area (Å²) in [4.78, 5) is 15.9. The molecule has 0 aliphatic carbocycles. The number of amides is 2.